The molecule has 9 heteroatoms. The third-order valence-electron chi connectivity index (χ3n) is 5.27. The van der Waals surface area contributed by atoms with Gasteiger partial charge in [0.2, 0.25) is 0 Å². The number of hydrogen-bond donors (Lipinski definition) is 1. The fraction of sp³-hybridized carbons (Fsp3) is 0.346. The standard InChI is InChI=1S/C26H29BrN2O4S2/c1-4-6-7-10-13-33-23-20(27)14-18(15-21(23)32-5-2)16-22-25(31)29(26(34)35-22)28-24(30)19-12-9-8-11-17(19)3/h8-9,11-12,14-16H,4-7,10,13H2,1-3H3,(H,28,30)/b22-16-. The molecule has 1 saturated heterocycles. The molecule has 1 aliphatic heterocycles. The van der Waals surface area contributed by atoms with E-state index in [1.807, 2.05) is 38.1 Å². The molecule has 2 aromatic rings. The minimum Gasteiger partial charge on any atom is -0.490 e. The molecule has 1 fully saturated rings. The van der Waals surface area contributed by atoms with Crippen LogP contribution in [0.3, 0.4) is 0 Å². The summed E-state index contributed by atoms with van der Waals surface area (Å²) in [5.41, 5.74) is 4.68. The molecule has 1 aliphatic rings. The zero-order chi connectivity index (χ0) is 25.4. The van der Waals surface area contributed by atoms with Gasteiger partial charge in [-0.2, -0.15) is 5.01 Å². The van der Waals surface area contributed by atoms with E-state index in [0.29, 0.717) is 35.2 Å². The lowest BCUT2D eigenvalue weighted by Gasteiger charge is -2.16. The monoisotopic (exact) mass is 576 g/mol. The topological polar surface area (TPSA) is 67.9 Å². The summed E-state index contributed by atoms with van der Waals surface area (Å²) in [6, 6.07) is 10.9. The molecule has 0 spiro atoms. The average molecular weight is 578 g/mol. The summed E-state index contributed by atoms with van der Waals surface area (Å²) in [4.78, 5) is 26.1. The number of ether oxygens (including phenoxy) is 2. The number of rotatable bonds is 11. The van der Waals surface area contributed by atoms with Crippen LogP contribution in [0.2, 0.25) is 0 Å². The smallest absolute Gasteiger partial charge is 0.285 e. The van der Waals surface area contributed by atoms with Gasteiger partial charge in [0.1, 0.15) is 0 Å². The number of nitrogens with zero attached hydrogens (tertiary/aromatic N) is 1. The van der Waals surface area contributed by atoms with Crippen molar-refractivity contribution in [1.82, 2.24) is 10.4 Å². The van der Waals surface area contributed by atoms with E-state index in [1.54, 1.807) is 18.2 Å². The van der Waals surface area contributed by atoms with Crippen molar-refractivity contribution < 1.29 is 19.1 Å². The van der Waals surface area contributed by atoms with Crippen molar-refractivity contribution in [3.63, 3.8) is 0 Å². The number of hydrogen-bond acceptors (Lipinski definition) is 6. The van der Waals surface area contributed by atoms with Crippen LogP contribution in [0.4, 0.5) is 0 Å². The van der Waals surface area contributed by atoms with E-state index in [9.17, 15) is 9.59 Å². The normalized spacial score (nSPS) is 14.5. The molecule has 6 nitrogen and oxygen atoms in total. The lowest BCUT2D eigenvalue weighted by molar-refractivity contribution is -0.123. The van der Waals surface area contributed by atoms with Gasteiger partial charge in [0.05, 0.1) is 22.6 Å². The number of thiocarbonyl (C=S) groups is 1. The second-order valence-electron chi connectivity index (χ2n) is 7.95. The second-order valence-corrected chi connectivity index (χ2v) is 10.5. The lowest BCUT2D eigenvalue weighted by Crippen LogP contribution is -2.45. The zero-order valence-electron chi connectivity index (χ0n) is 20.1. The number of nitrogens with one attached hydrogen (secondary N) is 1. The van der Waals surface area contributed by atoms with E-state index in [1.165, 1.54) is 12.8 Å². The van der Waals surface area contributed by atoms with E-state index in [2.05, 4.69) is 28.3 Å². The van der Waals surface area contributed by atoms with Gasteiger partial charge >= 0.3 is 0 Å². The largest absolute Gasteiger partial charge is 0.490 e. The lowest BCUT2D eigenvalue weighted by atomic mass is 10.1. The predicted molar refractivity (Wildman–Crippen MR) is 149 cm³/mol. The highest BCUT2D eigenvalue weighted by atomic mass is 79.9. The molecule has 2 aromatic carbocycles. The Balaban J connectivity index is 1.77. The van der Waals surface area contributed by atoms with Crippen molar-refractivity contribution in [2.24, 2.45) is 0 Å². The number of carbonyl (C=O) groups excluding carboxylic acids is 2. The van der Waals surface area contributed by atoms with Crippen LogP contribution in [0.25, 0.3) is 6.08 Å². The van der Waals surface area contributed by atoms with E-state index >= 15 is 0 Å². The molecular weight excluding hydrogens is 548 g/mol. The summed E-state index contributed by atoms with van der Waals surface area (Å²) in [5, 5.41) is 1.12. The molecule has 0 bridgehead atoms. The van der Waals surface area contributed by atoms with Gasteiger partial charge in [0.15, 0.2) is 15.8 Å². The van der Waals surface area contributed by atoms with Gasteiger partial charge < -0.3 is 9.47 Å². The summed E-state index contributed by atoms with van der Waals surface area (Å²) in [6.45, 7) is 7.01. The van der Waals surface area contributed by atoms with Crippen LogP contribution in [0.5, 0.6) is 11.5 Å². The van der Waals surface area contributed by atoms with Crippen LogP contribution in [0, 0.1) is 6.92 Å². The van der Waals surface area contributed by atoms with Crippen molar-refractivity contribution >= 4 is 62.1 Å². The molecule has 0 atom stereocenters. The number of amides is 2. The number of thioether (sulfide) groups is 1. The summed E-state index contributed by atoms with van der Waals surface area (Å²) in [7, 11) is 0. The van der Waals surface area contributed by atoms with Crippen LogP contribution in [-0.2, 0) is 4.79 Å². The van der Waals surface area contributed by atoms with Crippen molar-refractivity contribution in [2.45, 2.75) is 46.5 Å². The first kappa shape index (κ1) is 27.2. The molecule has 1 N–H and O–H groups in total. The summed E-state index contributed by atoms with van der Waals surface area (Å²) >= 11 is 10.1. The van der Waals surface area contributed by atoms with Crippen LogP contribution in [0.15, 0.2) is 45.8 Å². The Morgan fingerprint density at radius 1 is 1.17 bits per heavy atom. The predicted octanol–water partition coefficient (Wildman–Crippen LogP) is 6.66. The fourth-order valence-corrected chi connectivity index (χ4v) is 5.24. The van der Waals surface area contributed by atoms with Crippen LogP contribution < -0.4 is 14.9 Å². The first-order chi connectivity index (χ1) is 16.8. The maximum absolute atomic E-state index is 13.0. The van der Waals surface area contributed by atoms with Crippen molar-refractivity contribution in [3.8, 4) is 11.5 Å². The highest BCUT2D eigenvalue weighted by Gasteiger charge is 2.34. The van der Waals surface area contributed by atoms with Crippen molar-refractivity contribution in [2.75, 3.05) is 13.2 Å². The number of hydrazine groups is 1. The number of benzene rings is 2. The number of halogens is 1. The molecule has 0 radical (unpaired) electrons. The van der Waals surface area contributed by atoms with Gasteiger partial charge in [0.25, 0.3) is 11.8 Å². The minimum atomic E-state index is -0.387. The third-order valence-corrected chi connectivity index (χ3v) is 7.16. The highest BCUT2D eigenvalue weighted by molar-refractivity contribution is 9.10. The summed E-state index contributed by atoms with van der Waals surface area (Å²) in [6.07, 6.45) is 6.19. The Labute approximate surface area is 224 Å². The maximum Gasteiger partial charge on any atom is 0.285 e. The molecule has 0 aliphatic carbocycles. The molecule has 3 rings (SSSR count). The summed E-state index contributed by atoms with van der Waals surface area (Å²) in [5.74, 6) is 0.486. The number of aryl methyl sites for hydroxylation is 1. The number of unbranched alkanes of at least 4 members (excludes halogenated alkanes) is 3. The zero-order valence-corrected chi connectivity index (χ0v) is 23.3. The van der Waals surface area contributed by atoms with E-state index in [-0.39, 0.29) is 16.1 Å². The Morgan fingerprint density at radius 3 is 2.66 bits per heavy atom. The van der Waals surface area contributed by atoms with Gasteiger partial charge in [-0.05, 0) is 83.8 Å². The Hall–Kier alpha value is -2.36. The van der Waals surface area contributed by atoms with Crippen molar-refractivity contribution in [3.05, 3.63) is 62.5 Å². The van der Waals surface area contributed by atoms with Gasteiger partial charge in [0, 0.05) is 5.56 Å². The molecule has 1 heterocycles. The highest BCUT2D eigenvalue weighted by Crippen LogP contribution is 2.39. The first-order valence-corrected chi connectivity index (χ1v) is 13.6. The molecule has 0 aromatic heterocycles. The van der Waals surface area contributed by atoms with Crippen LogP contribution in [-0.4, -0.2) is 34.4 Å². The van der Waals surface area contributed by atoms with Crippen molar-refractivity contribution in [1.29, 1.82) is 0 Å². The molecule has 0 unspecified atom stereocenters. The first-order valence-electron chi connectivity index (χ1n) is 11.6. The Morgan fingerprint density at radius 2 is 1.94 bits per heavy atom. The fourth-order valence-electron chi connectivity index (χ4n) is 3.48. The third kappa shape index (κ3) is 7.08. The SMILES string of the molecule is CCCCCCOc1c(Br)cc(/C=C2\SC(=S)N(NC(=O)c3ccccc3C)C2=O)cc1OCC. The molecule has 186 valence electrons. The van der Waals surface area contributed by atoms with E-state index in [4.69, 9.17) is 21.7 Å². The molecule has 2 amide bonds. The van der Waals surface area contributed by atoms with Gasteiger partial charge in [-0.3, -0.25) is 15.0 Å². The second kappa shape index (κ2) is 13.1. The summed E-state index contributed by atoms with van der Waals surface area (Å²) < 4.78 is 12.8. The number of carbonyl (C=O) groups is 2. The molecule has 35 heavy (non-hydrogen) atoms. The Kier molecular flexibility index (Phi) is 10.2. The maximum atomic E-state index is 13.0. The van der Waals surface area contributed by atoms with Crippen LogP contribution in [0.1, 0.15) is 61.0 Å². The van der Waals surface area contributed by atoms with E-state index in [0.717, 1.165) is 45.2 Å². The molecule has 0 saturated carbocycles. The average Bonchev–Trinajstić information content (AvgIpc) is 3.08. The van der Waals surface area contributed by atoms with Gasteiger partial charge in [-0.25, -0.2) is 0 Å². The minimum absolute atomic E-state index is 0.263. The Bertz CT molecular complexity index is 1140. The van der Waals surface area contributed by atoms with Gasteiger partial charge in [-0.15, -0.1) is 0 Å². The quantitative estimate of drug-likeness (QED) is 0.183. The van der Waals surface area contributed by atoms with Gasteiger partial charge in [-0.1, -0.05) is 56.1 Å². The van der Waals surface area contributed by atoms with Crippen LogP contribution >= 0.6 is 39.9 Å². The molecular formula is C26H29BrN2O4S2. The van der Waals surface area contributed by atoms with E-state index < -0.39 is 0 Å².